The average molecular weight is 406 g/mol. The molecule has 0 saturated carbocycles. The number of carbonyl (C=O) groups excluding carboxylic acids is 2. The standard InChI is InChI=1S/C22H18N2O6/c25-17-9-12(18-2-1-5-28-18)8-16-14(17)11-15(22(27)24-16)21(26)23-13-3-4-19-20(10-13)30-7-6-29-19/h1-5,10-12H,6-9H2,(H,23,26)(H,24,27). The summed E-state index contributed by atoms with van der Waals surface area (Å²) >= 11 is 0. The third-order valence-corrected chi connectivity index (χ3v) is 5.30. The normalized spacial score (nSPS) is 17.3. The Bertz CT molecular complexity index is 1190. The van der Waals surface area contributed by atoms with Gasteiger partial charge in [0, 0.05) is 35.3 Å². The van der Waals surface area contributed by atoms with Crippen LogP contribution in [-0.4, -0.2) is 29.9 Å². The number of hydrogen-bond acceptors (Lipinski definition) is 6. The summed E-state index contributed by atoms with van der Waals surface area (Å²) in [4.78, 5) is 40.7. The lowest BCUT2D eigenvalue weighted by molar-refractivity contribution is 0.0959. The van der Waals surface area contributed by atoms with Crippen LogP contribution in [0.15, 0.2) is 51.9 Å². The molecule has 8 heteroatoms. The first kappa shape index (κ1) is 18.2. The van der Waals surface area contributed by atoms with Crippen LogP contribution < -0.4 is 20.3 Å². The minimum Gasteiger partial charge on any atom is -0.486 e. The molecule has 8 nitrogen and oxygen atoms in total. The molecule has 3 aromatic rings. The van der Waals surface area contributed by atoms with E-state index in [-0.39, 0.29) is 23.7 Å². The first-order valence-corrected chi connectivity index (χ1v) is 9.62. The lowest BCUT2D eigenvalue weighted by Crippen LogP contribution is -2.29. The van der Waals surface area contributed by atoms with E-state index in [0.717, 1.165) is 0 Å². The fourth-order valence-corrected chi connectivity index (χ4v) is 3.84. The average Bonchev–Trinajstić information content (AvgIpc) is 3.28. The van der Waals surface area contributed by atoms with Gasteiger partial charge in [-0.05, 0) is 36.8 Å². The molecule has 1 aromatic carbocycles. The number of carbonyl (C=O) groups is 2. The zero-order valence-electron chi connectivity index (χ0n) is 15.9. The number of anilines is 1. The highest BCUT2D eigenvalue weighted by Gasteiger charge is 2.30. The minimum atomic E-state index is -0.600. The molecule has 2 aliphatic rings. The van der Waals surface area contributed by atoms with Gasteiger partial charge in [0.15, 0.2) is 17.3 Å². The van der Waals surface area contributed by atoms with Crippen molar-refractivity contribution in [1.29, 1.82) is 0 Å². The number of fused-ring (bicyclic) bond motifs is 2. The number of hydrogen-bond donors (Lipinski definition) is 2. The maximum atomic E-state index is 12.7. The van der Waals surface area contributed by atoms with Gasteiger partial charge in [0.2, 0.25) is 0 Å². The highest BCUT2D eigenvalue weighted by atomic mass is 16.6. The number of pyridine rings is 1. The van der Waals surface area contributed by atoms with E-state index in [9.17, 15) is 14.4 Å². The summed E-state index contributed by atoms with van der Waals surface area (Å²) in [6.07, 6.45) is 2.28. The number of H-pyrrole nitrogens is 1. The van der Waals surface area contributed by atoms with Gasteiger partial charge in [-0.25, -0.2) is 0 Å². The van der Waals surface area contributed by atoms with Gasteiger partial charge in [-0.1, -0.05) is 0 Å². The van der Waals surface area contributed by atoms with E-state index >= 15 is 0 Å². The molecular formula is C22H18N2O6. The molecule has 1 unspecified atom stereocenters. The molecule has 1 atom stereocenters. The largest absolute Gasteiger partial charge is 0.486 e. The van der Waals surface area contributed by atoms with Gasteiger partial charge < -0.3 is 24.2 Å². The lowest BCUT2D eigenvalue weighted by Gasteiger charge is -2.22. The van der Waals surface area contributed by atoms with E-state index in [2.05, 4.69) is 10.3 Å². The van der Waals surface area contributed by atoms with Crippen molar-refractivity contribution in [3.05, 3.63) is 75.6 Å². The van der Waals surface area contributed by atoms with Gasteiger partial charge in [0.1, 0.15) is 24.5 Å². The second kappa shape index (κ2) is 7.22. The monoisotopic (exact) mass is 406 g/mol. The Kier molecular flexibility index (Phi) is 4.39. The summed E-state index contributed by atoms with van der Waals surface area (Å²) in [7, 11) is 0. The van der Waals surface area contributed by atoms with Crippen molar-refractivity contribution in [2.75, 3.05) is 18.5 Å². The van der Waals surface area contributed by atoms with Crippen LogP contribution in [0, 0.1) is 0 Å². The molecule has 0 radical (unpaired) electrons. The van der Waals surface area contributed by atoms with Gasteiger partial charge >= 0.3 is 0 Å². The smallest absolute Gasteiger partial charge is 0.261 e. The van der Waals surface area contributed by atoms with Crippen LogP contribution in [0.5, 0.6) is 11.5 Å². The summed E-state index contributed by atoms with van der Waals surface area (Å²) in [5, 5.41) is 2.68. The molecule has 30 heavy (non-hydrogen) atoms. The van der Waals surface area contributed by atoms with Crippen LogP contribution >= 0.6 is 0 Å². The molecule has 0 bridgehead atoms. The zero-order chi connectivity index (χ0) is 20.7. The van der Waals surface area contributed by atoms with Crippen LogP contribution in [0.3, 0.4) is 0 Å². The topological polar surface area (TPSA) is 111 Å². The SMILES string of the molecule is O=C1CC(c2ccco2)Cc2[nH]c(=O)c(C(=O)Nc3ccc4c(c3)OCCO4)cc21. The van der Waals surface area contributed by atoms with Crippen LogP contribution in [-0.2, 0) is 6.42 Å². The Morgan fingerprint density at radius 3 is 2.67 bits per heavy atom. The van der Waals surface area contributed by atoms with Gasteiger partial charge in [0.05, 0.1) is 6.26 Å². The Hall–Kier alpha value is -3.81. The number of ether oxygens (including phenoxy) is 2. The fourth-order valence-electron chi connectivity index (χ4n) is 3.84. The minimum absolute atomic E-state index is 0.117. The fraction of sp³-hybridized carbons (Fsp3) is 0.227. The Balaban J connectivity index is 1.40. The molecule has 0 saturated heterocycles. The molecular weight excluding hydrogens is 388 g/mol. The third kappa shape index (κ3) is 3.26. The van der Waals surface area contributed by atoms with Gasteiger partial charge in [0.25, 0.3) is 11.5 Å². The number of furan rings is 1. The van der Waals surface area contributed by atoms with Crippen molar-refractivity contribution < 1.29 is 23.5 Å². The summed E-state index contributed by atoms with van der Waals surface area (Å²) in [5.74, 6) is 0.961. The first-order chi connectivity index (χ1) is 14.6. The van der Waals surface area contributed by atoms with Gasteiger partial charge in [-0.3, -0.25) is 14.4 Å². The molecule has 152 valence electrons. The van der Waals surface area contributed by atoms with Crippen molar-refractivity contribution in [2.45, 2.75) is 18.8 Å². The van der Waals surface area contributed by atoms with E-state index in [1.165, 1.54) is 6.07 Å². The molecule has 5 rings (SSSR count). The van der Waals surface area contributed by atoms with E-state index in [4.69, 9.17) is 13.9 Å². The highest BCUT2D eigenvalue weighted by Crippen LogP contribution is 2.33. The number of Topliss-reactive ketones (excluding diaryl/α,β-unsaturated/α-hetero) is 1. The van der Waals surface area contributed by atoms with E-state index in [0.29, 0.717) is 53.8 Å². The van der Waals surface area contributed by atoms with Crippen LogP contribution in [0.1, 0.15) is 44.5 Å². The quantitative estimate of drug-likeness (QED) is 0.692. The number of nitrogens with one attached hydrogen (secondary N) is 2. The summed E-state index contributed by atoms with van der Waals surface area (Å²) < 4.78 is 16.4. The Morgan fingerprint density at radius 2 is 1.87 bits per heavy atom. The van der Waals surface area contributed by atoms with Crippen molar-refractivity contribution >= 4 is 17.4 Å². The number of amides is 1. The van der Waals surface area contributed by atoms with Crippen LogP contribution in [0.25, 0.3) is 0 Å². The predicted octanol–water partition coefficient (Wildman–Crippen LogP) is 2.90. The molecule has 1 aliphatic heterocycles. The number of rotatable bonds is 3. The van der Waals surface area contributed by atoms with Gasteiger partial charge in [-0.15, -0.1) is 0 Å². The summed E-state index contributed by atoms with van der Waals surface area (Å²) in [5.41, 5.74) is 0.689. The molecule has 2 aromatic heterocycles. The van der Waals surface area contributed by atoms with Crippen molar-refractivity contribution in [3.63, 3.8) is 0 Å². The maximum absolute atomic E-state index is 12.7. The molecule has 1 amide bonds. The predicted molar refractivity (Wildman–Crippen MR) is 107 cm³/mol. The first-order valence-electron chi connectivity index (χ1n) is 9.62. The Labute approximate surface area is 170 Å². The summed E-state index contributed by atoms with van der Waals surface area (Å²) in [6.45, 7) is 0.897. The second-order valence-corrected chi connectivity index (χ2v) is 7.26. The maximum Gasteiger partial charge on any atom is 0.261 e. The molecule has 0 fully saturated rings. The zero-order valence-corrected chi connectivity index (χ0v) is 15.9. The number of ketones is 1. The van der Waals surface area contributed by atoms with Gasteiger partial charge in [-0.2, -0.15) is 0 Å². The molecule has 0 spiro atoms. The second-order valence-electron chi connectivity index (χ2n) is 7.26. The lowest BCUT2D eigenvalue weighted by atomic mass is 9.84. The van der Waals surface area contributed by atoms with Crippen molar-refractivity contribution in [3.8, 4) is 11.5 Å². The Morgan fingerprint density at radius 1 is 1.03 bits per heavy atom. The van der Waals surface area contributed by atoms with Crippen LogP contribution in [0.2, 0.25) is 0 Å². The molecule has 2 N–H and O–H groups in total. The number of aromatic nitrogens is 1. The van der Waals surface area contributed by atoms with E-state index < -0.39 is 11.5 Å². The summed E-state index contributed by atoms with van der Waals surface area (Å²) in [6, 6.07) is 9.95. The van der Waals surface area contributed by atoms with Crippen molar-refractivity contribution in [2.24, 2.45) is 0 Å². The molecule has 1 aliphatic carbocycles. The highest BCUT2D eigenvalue weighted by molar-refractivity contribution is 6.06. The number of aromatic amines is 1. The molecule has 3 heterocycles. The van der Waals surface area contributed by atoms with E-state index in [1.54, 1.807) is 30.5 Å². The van der Waals surface area contributed by atoms with Crippen LogP contribution in [0.4, 0.5) is 5.69 Å². The number of benzene rings is 1. The third-order valence-electron chi connectivity index (χ3n) is 5.30. The van der Waals surface area contributed by atoms with E-state index in [1.807, 2.05) is 6.07 Å². The van der Waals surface area contributed by atoms with Crippen molar-refractivity contribution in [1.82, 2.24) is 4.98 Å².